The highest BCUT2D eigenvalue weighted by Crippen LogP contribution is 2.37. The second-order valence-electron chi connectivity index (χ2n) is 7.29. The molecular formula is C17H30N2O3. The molecule has 2 atom stereocenters. The van der Waals surface area contributed by atoms with Crippen molar-refractivity contribution in [2.75, 3.05) is 13.2 Å². The highest BCUT2D eigenvalue weighted by atomic mass is 16.3. The topological polar surface area (TPSA) is 78.4 Å². The Hall–Kier alpha value is -1.10. The van der Waals surface area contributed by atoms with Gasteiger partial charge in [0.2, 0.25) is 11.8 Å². The molecule has 2 amide bonds. The van der Waals surface area contributed by atoms with E-state index in [9.17, 15) is 14.7 Å². The molecule has 0 radical (unpaired) electrons. The quantitative estimate of drug-likeness (QED) is 0.670. The number of rotatable bonds is 7. The van der Waals surface area contributed by atoms with Gasteiger partial charge in [0.1, 0.15) is 0 Å². The fourth-order valence-electron chi connectivity index (χ4n) is 3.82. The summed E-state index contributed by atoms with van der Waals surface area (Å²) in [7, 11) is 0. The summed E-state index contributed by atoms with van der Waals surface area (Å²) >= 11 is 0. The molecule has 0 aromatic rings. The van der Waals surface area contributed by atoms with Crippen molar-refractivity contribution in [1.29, 1.82) is 0 Å². The molecule has 0 aliphatic heterocycles. The van der Waals surface area contributed by atoms with Gasteiger partial charge in [0.05, 0.1) is 13.2 Å². The molecular weight excluding hydrogens is 280 g/mol. The zero-order chi connectivity index (χ0) is 16.0. The Bertz CT molecular complexity index is 393. The number of carbonyl (C=O) groups is 2. The van der Waals surface area contributed by atoms with Gasteiger partial charge < -0.3 is 15.7 Å². The van der Waals surface area contributed by atoms with Crippen molar-refractivity contribution >= 4 is 11.8 Å². The van der Waals surface area contributed by atoms with E-state index < -0.39 is 0 Å². The van der Waals surface area contributed by atoms with E-state index in [0.717, 1.165) is 25.7 Å². The Labute approximate surface area is 133 Å². The first-order valence-corrected chi connectivity index (χ1v) is 8.70. The molecule has 5 heteroatoms. The van der Waals surface area contributed by atoms with E-state index in [1.165, 1.54) is 25.7 Å². The SMILES string of the molecule is CC1(CO)CCCC1NC(=O)CNC(=O)CCC1CCCC1. The molecule has 0 aromatic carbocycles. The molecule has 3 N–H and O–H groups in total. The van der Waals surface area contributed by atoms with Crippen LogP contribution in [0.1, 0.15) is 64.7 Å². The van der Waals surface area contributed by atoms with Crippen molar-refractivity contribution in [3.05, 3.63) is 0 Å². The van der Waals surface area contributed by atoms with Gasteiger partial charge in [-0.1, -0.05) is 39.0 Å². The van der Waals surface area contributed by atoms with Gasteiger partial charge in [0, 0.05) is 17.9 Å². The lowest BCUT2D eigenvalue weighted by atomic mass is 9.86. The van der Waals surface area contributed by atoms with Gasteiger partial charge in [0.15, 0.2) is 0 Å². The Balaban J connectivity index is 1.63. The molecule has 0 aromatic heterocycles. The Morgan fingerprint density at radius 1 is 1.14 bits per heavy atom. The third kappa shape index (κ3) is 4.70. The summed E-state index contributed by atoms with van der Waals surface area (Å²) in [6.07, 6.45) is 9.40. The van der Waals surface area contributed by atoms with Gasteiger partial charge in [-0.3, -0.25) is 9.59 Å². The summed E-state index contributed by atoms with van der Waals surface area (Å²) in [6, 6.07) is 0.0143. The zero-order valence-corrected chi connectivity index (χ0v) is 13.7. The minimum atomic E-state index is -0.220. The molecule has 0 heterocycles. The molecule has 2 saturated carbocycles. The first-order chi connectivity index (χ1) is 10.5. The fraction of sp³-hybridized carbons (Fsp3) is 0.882. The minimum Gasteiger partial charge on any atom is -0.396 e. The molecule has 5 nitrogen and oxygen atoms in total. The van der Waals surface area contributed by atoms with Gasteiger partial charge in [-0.15, -0.1) is 0 Å². The summed E-state index contributed by atoms with van der Waals surface area (Å²) < 4.78 is 0. The molecule has 0 saturated heterocycles. The van der Waals surface area contributed by atoms with Crippen LogP contribution in [0.25, 0.3) is 0 Å². The lowest BCUT2D eigenvalue weighted by molar-refractivity contribution is -0.127. The predicted octanol–water partition coefficient (Wildman–Crippen LogP) is 1.74. The number of carbonyl (C=O) groups excluding carboxylic acids is 2. The van der Waals surface area contributed by atoms with Crippen LogP contribution in [0.2, 0.25) is 0 Å². The predicted molar refractivity (Wildman–Crippen MR) is 85.2 cm³/mol. The van der Waals surface area contributed by atoms with E-state index in [1.54, 1.807) is 0 Å². The summed E-state index contributed by atoms with van der Waals surface area (Å²) in [5.41, 5.74) is -0.220. The number of amides is 2. The summed E-state index contributed by atoms with van der Waals surface area (Å²) in [6.45, 7) is 2.14. The average molecular weight is 310 g/mol. The van der Waals surface area contributed by atoms with Crippen molar-refractivity contribution in [2.24, 2.45) is 11.3 Å². The summed E-state index contributed by atoms with van der Waals surface area (Å²) in [5.74, 6) is 0.516. The molecule has 2 aliphatic rings. The van der Waals surface area contributed by atoms with Gasteiger partial charge in [-0.25, -0.2) is 0 Å². The van der Waals surface area contributed by atoms with Crippen LogP contribution in [0.15, 0.2) is 0 Å². The van der Waals surface area contributed by atoms with Crippen LogP contribution < -0.4 is 10.6 Å². The third-order valence-corrected chi connectivity index (χ3v) is 5.48. The average Bonchev–Trinajstić information content (AvgIpc) is 3.14. The normalized spacial score (nSPS) is 28.7. The standard InChI is InChI=1S/C17H30N2O3/c1-17(12-20)10-4-7-14(17)19-16(22)11-18-15(21)9-8-13-5-2-3-6-13/h13-14,20H,2-12H2,1H3,(H,18,21)(H,19,22). The van der Waals surface area contributed by atoms with Gasteiger partial charge in [-0.05, 0) is 25.2 Å². The lowest BCUT2D eigenvalue weighted by Gasteiger charge is -2.30. The van der Waals surface area contributed by atoms with E-state index in [1.807, 2.05) is 6.92 Å². The highest BCUT2D eigenvalue weighted by Gasteiger charge is 2.38. The maximum absolute atomic E-state index is 12.0. The second-order valence-corrected chi connectivity index (χ2v) is 7.29. The van der Waals surface area contributed by atoms with E-state index in [-0.39, 0.29) is 36.4 Å². The Morgan fingerprint density at radius 2 is 1.86 bits per heavy atom. The Morgan fingerprint density at radius 3 is 2.55 bits per heavy atom. The van der Waals surface area contributed by atoms with Crippen LogP contribution in [0, 0.1) is 11.3 Å². The summed E-state index contributed by atoms with van der Waals surface area (Å²) in [4.78, 5) is 23.8. The monoisotopic (exact) mass is 310 g/mol. The van der Waals surface area contributed by atoms with Gasteiger partial charge in [0.25, 0.3) is 0 Å². The van der Waals surface area contributed by atoms with Crippen LogP contribution in [0.4, 0.5) is 0 Å². The summed E-state index contributed by atoms with van der Waals surface area (Å²) in [5, 5.41) is 15.2. The van der Waals surface area contributed by atoms with Crippen molar-refractivity contribution in [3.8, 4) is 0 Å². The van der Waals surface area contributed by atoms with E-state index >= 15 is 0 Å². The maximum atomic E-state index is 12.0. The number of aliphatic hydroxyl groups is 1. The number of nitrogens with one attached hydrogen (secondary N) is 2. The molecule has 126 valence electrons. The fourth-order valence-corrected chi connectivity index (χ4v) is 3.82. The smallest absolute Gasteiger partial charge is 0.239 e. The molecule has 2 fully saturated rings. The first-order valence-electron chi connectivity index (χ1n) is 8.70. The van der Waals surface area contributed by atoms with Gasteiger partial charge in [-0.2, -0.15) is 0 Å². The van der Waals surface area contributed by atoms with Crippen LogP contribution in [0.3, 0.4) is 0 Å². The van der Waals surface area contributed by atoms with Crippen LogP contribution in [-0.4, -0.2) is 36.1 Å². The van der Waals surface area contributed by atoms with Crippen molar-refractivity contribution in [3.63, 3.8) is 0 Å². The van der Waals surface area contributed by atoms with E-state index in [4.69, 9.17) is 0 Å². The first kappa shape index (κ1) is 17.3. The van der Waals surface area contributed by atoms with Crippen molar-refractivity contribution in [2.45, 2.75) is 70.8 Å². The zero-order valence-electron chi connectivity index (χ0n) is 13.7. The van der Waals surface area contributed by atoms with Crippen molar-refractivity contribution < 1.29 is 14.7 Å². The highest BCUT2D eigenvalue weighted by molar-refractivity contribution is 5.84. The van der Waals surface area contributed by atoms with Crippen LogP contribution in [0.5, 0.6) is 0 Å². The number of hydrogen-bond donors (Lipinski definition) is 3. The van der Waals surface area contributed by atoms with E-state index in [0.29, 0.717) is 12.3 Å². The molecule has 0 spiro atoms. The number of hydrogen-bond acceptors (Lipinski definition) is 3. The van der Waals surface area contributed by atoms with E-state index in [2.05, 4.69) is 10.6 Å². The number of aliphatic hydroxyl groups excluding tert-OH is 1. The lowest BCUT2D eigenvalue weighted by Crippen LogP contribution is -2.48. The maximum Gasteiger partial charge on any atom is 0.239 e. The van der Waals surface area contributed by atoms with Crippen molar-refractivity contribution in [1.82, 2.24) is 10.6 Å². The molecule has 22 heavy (non-hydrogen) atoms. The van der Waals surface area contributed by atoms with Gasteiger partial charge >= 0.3 is 0 Å². The molecule has 2 rings (SSSR count). The molecule has 2 aliphatic carbocycles. The van der Waals surface area contributed by atoms with Crippen LogP contribution >= 0.6 is 0 Å². The molecule has 2 unspecified atom stereocenters. The minimum absolute atomic E-state index is 0.0143. The third-order valence-electron chi connectivity index (χ3n) is 5.48. The Kier molecular flexibility index (Phi) is 6.24. The largest absolute Gasteiger partial charge is 0.396 e. The van der Waals surface area contributed by atoms with Crippen LogP contribution in [-0.2, 0) is 9.59 Å². The molecule has 0 bridgehead atoms. The second kappa shape index (κ2) is 7.95.